The SMILES string of the molecule is CC(C)OC(=O)CCCCCC/C=C/CCCCCCCCCCC(=O)OC(C)C. The molecule has 0 saturated heterocycles. The van der Waals surface area contributed by atoms with Crippen molar-refractivity contribution in [2.75, 3.05) is 0 Å². The summed E-state index contributed by atoms with van der Waals surface area (Å²) in [4.78, 5) is 22.8. The summed E-state index contributed by atoms with van der Waals surface area (Å²) in [6.45, 7) is 7.58. The second-order valence-corrected chi connectivity index (χ2v) is 8.87. The summed E-state index contributed by atoms with van der Waals surface area (Å²) in [7, 11) is 0. The predicted octanol–water partition coefficient (Wildman–Crippen LogP) is 7.69. The van der Waals surface area contributed by atoms with Gasteiger partial charge in [-0.2, -0.15) is 0 Å². The monoisotopic (exact) mass is 424 g/mol. The summed E-state index contributed by atoms with van der Waals surface area (Å²) < 4.78 is 10.3. The van der Waals surface area contributed by atoms with E-state index in [1.807, 2.05) is 27.7 Å². The van der Waals surface area contributed by atoms with Crippen molar-refractivity contribution in [1.29, 1.82) is 0 Å². The number of hydrogen-bond donors (Lipinski definition) is 0. The molecule has 4 nitrogen and oxygen atoms in total. The molecule has 0 atom stereocenters. The van der Waals surface area contributed by atoms with Crippen LogP contribution in [-0.2, 0) is 19.1 Å². The molecule has 0 radical (unpaired) electrons. The van der Waals surface area contributed by atoms with Gasteiger partial charge in [0, 0.05) is 12.8 Å². The van der Waals surface area contributed by atoms with Crippen LogP contribution in [0.25, 0.3) is 0 Å². The van der Waals surface area contributed by atoms with Gasteiger partial charge in [0.05, 0.1) is 12.2 Å². The Bertz CT molecular complexity index is 440. The Morgan fingerprint density at radius 1 is 0.533 bits per heavy atom. The lowest BCUT2D eigenvalue weighted by Crippen LogP contribution is -2.10. The van der Waals surface area contributed by atoms with Crippen LogP contribution in [0, 0.1) is 0 Å². The zero-order chi connectivity index (χ0) is 22.5. The lowest BCUT2D eigenvalue weighted by Gasteiger charge is -2.07. The Kier molecular flexibility index (Phi) is 20.0. The van der Waals surface area contributed by atoms with E-state index in [0.717, 1.165) is 32.1 Å². The smallest absolute Gasteiger partial charge is 0.306 e. The number of allylic oxidation sites excluding steroid dienone is 2. The predicted molar refractivity (Wildman–Crippen MR) is 125 cm³/mol. The Morgan fingerprint density at radius 2 is 0.833 bits per heavy atom. The first-order valence-electron chi connectivity index (χ1n) is 12.5. The van der Waals surface area contributed by atoms with Crippen LogP contribution in [0.2, 0.25) is 0 Å². The van der Waals surface area contributed by atoms with E-state index in [1.165, 1.54) is 57.8 Å². The summed E-state index contributed by atoms with van der Waals surface area (Å²) in [5, 5.41) is 0. The molecular weight excluding hydrogens is 376 g/mol. The molecule has 0 aliphatic carbocycles. The fourth-order valence-corrected chi connectivity index (χ4v) is 3.36. The molecule has 0 aliphatic rings. The molecule has 176 valence electrons. The maximum Gasteiger partial charge on any atom is 0.306 e. The summed E-state index contributed by atoms with van der Waals surface area (Å²) in [5.41, 5.74) is 0. The van der Waals surface area contributed by atoms with Crippen LogP contribution in [0.5, 0.6) is 0 Å². The molecule has 0 aromatic carbocycles. The van der Waals surface area contributed by atoms with E-state index in [0.29, 0.717) is 12.8 Å². The molecule has 0 aromatic rings. The van der Waals surface area contributed by atoms with Gasteiger partial charge in [0.1, 0.15) is 0 Å². The van der Waals surface area contributed by atoms with Crippen molar-refractivity contribution in [1.82, 2.24) is 0 Å². The van der Waals surface area contributed by atoms with Gasteiger partial charge in [-0.15, -0.1) is 0 Å². The average molecular weight is 425 g/mol. The number of ether oxygens (including phenoxy) is 2. The average Bonchev–Trinajstić information content (AvgIpc) is 2.65. The topological polar surface area (TPSA) is 52.6 Å². The number of hydrogen-bond acceptors (Lipinski definition) is 4. The molecule has 0 amide bonds. The summed E-state index contributed by atoms with van der Waals surface area (Å²) in [6, 6.07) is 0. The van der Waals surface area contributed by atoms with Crippen molar-refractivity contribution in [2.45, 2.75) is 143 Å². The van der Waals surface area contributed by atoms with Crippen LogP contribution in [0.15, 0.2) is 12.2 Å². The molecule has 0 aromatic heterocycles. The van der Waals surface area contributed by atoms with E-state index in [1.54, 1.807) is 0 Å². The van der Waals surface area contributed by atoms with Crippen molar-refractivity contribution in [3.8, 4) is 0 Å². The Morgan fingerprint density at radius 3 is 1.17 bits per heavy atom. The van der Waals surface area contributed by atoms with Crippen molar-refractivity contribution < 1.29 is 19.1 Å². The Balaban J connectivity index is 3.24. The molecule has 0 fully saturated rings. The van der Waals surface area contributed by atoms with Gasteiger partial charge >= 0.3 is 11.9 Å². The molecule has 0 saturated carbocycles. The van der Waals surface area contributed by atoms with E-state index >= 15 is 0 Å². The molecule has 4 heteroatoms. The minimum absolute atomic E-state index is 0.000814. The van der Waals surface area contributed by atoms with Gasteiger partial charge in [-0.05, 0) is 66.2 Å². The Labute approximate surface area is 186 Å². The first kappa shape index (κ1) is 28.7. The van der Waals surface area contributed by atoms with E-state index in [2.05, 4.69) is 12.2 Å². The van der Waals surface area contributed by atoms with Gasteiger partial charge in [-0.25, -0.2) is 0 Å². The third-order valence-electron chi connectivity index (χ3n) is 4.90. The van der Waals surface area contributed by atoms with E-state index in [-0.39, 0.29) is 24.1 Å². The van der Waals surface area contributed by atoms with Gasteiger partial charge in [-0.1, -0.05) is 63.5 Å². The number of carbonyl (C=O) groups excluding carboxylic acids is 2. The van der Waals surface area contributed by atoms with Crippen molar-refractivity contribution in [2.24, 2.45) is 0 Å². The van der Waals surface area contributed by atoms with Crippen molar-refractivity contribution in [3.63, 3.8) is 0 Å². The van der Waals surface area contributed by atoms with E-state index in [4.69, 9.17) is 9.47 Å². The first-order valence-corrected chi connectivity index (χ1v) is 12.5. The summed E-state index contributed by atoms with van der Waals surface area (Å²) in [5.74, 6) is -0.115. The molecule has 30 heavy (non-hydrogen) atoms. The quantitative estimate of drug-likeness (QED) is 0.114. The Hall–Kier alpha value is -1.32. The third-order valence-corrected chi connectivity index (χ3v) is 4.90. The van der Waals surface area contributed by atoms with Crippen LogP contribution in [0.4, 0.5) is 0 Å². The molecule has 0 spiro atoms. The lowest BCUT2D eigenvalue weighted by atomic mass is 10.1. The van der Waals surface area contributed by atoms with Crippen LogP contribution >= 0.6 is 0 Å². The second kappa shape index (κ2) is 20.9. The highest BCUT2D eigenvalue weighted by Crippen LogP contribution is 2.12. The van der Waals surface area contributed by atoms with Crippen LogP contribution in [0.3, 0.4) is 0 Å². The minimum atomic E-state index is -0.0615. The number of rotatable bonds is 20. The summed E-state index contributed by atoms with van der Waals surface area (Å²) in [6.07, 6.45) is 22.4. The highest BCUT2D eigenvalue weighted by molar-refractivity contribution is 5.69. The normalized spacial score (nSPS) is 11.5. The van der Waals surface area contributed by atoms with Gasteiger partial charge in [0.25, 0.3) is 0 Å². The highest BCUT2D eigenvalue weighted by Gasteiger charge is 2.05. The van der Waals surface area contributed by atoms with Crippen LogP contribution in [0.1, 0.15) is 130 Å². The second-order valence-electron chi connectivity index (χ2n) is 8.87. The molecule has 0 aliphatic heterocycles. The zero-order valence-electron chi connectivity index (χ0n) is 20.3. The van der Waals surface area contributed by atoms with Gasteiger partial charge in [0.2, 0.25) is 0 Å². The molecule has 0 N–H and O–H groups in total. The van der Waals surface area contributed by atoms with E-state index in [9.17, 15) is 9.59 Å². The molecule has 0 heterocycles. The van der Waals surface area contributed by atoms with Crippen LogP contribution in [-0.4, -0.2) is 24.1 Å². The highest BCUT2D eigenvalue weighted by atomic mass is 16.5. The fraction of sp³-hybridized carbons (Fsp3) is 0.846. The molecule has 0 bridgehead atoms. The standard InChI is InChI=1S/C26H48O4/c1-23(2)29-25(27)21-19-17-15-13-11-9-7-5-6-8-10-12-14-16-18-20-22-26(28)30-24(3)4/h7,9,23-24H,5-6,8,10-22H2,1-4H3/b9-7+. The number of unbranched alkanes of at least 4 members (excludes halogenated alkanes) is 12. The van der Waals surface area contributed by atoms with Crippen molar-refractivity contribution in [3.05, 3.63) is 12.2 Å². The number of esters is 2. The van der Waals surface area contributed by atoms with Crippen molar-refractivity contribution >= 4 is 11.9 Å². The van der Waals surface area contributed by atoms with E-state index < -0.39 is 0 Å². The van der Waals surface area contributed by atoms with Gasteiger partial charge in [0.15, 0.2) is 0 Å². The van der Waals surface area contributed by atoms with Gasteiger partial charge in [-0.3, -0.25) is 9.59 Å². The van der Waals surface area contributed by atoms with Gasteiger partial charge < -0.3 is 9.47 Å². The molecule has 0 rings (SSSR count). The summed E-state index contributed by atoms with van der Waals surface area (Å²) >= 11 is 0. The lowest BCUT2D eigenvalue weighted by molar-refractivity contribution is -0.148. The fourth-order valence-electron chi connectivity index (χ4n) is 3.36. The largest absolute Gasteiger partial charge is 0.463 e. The zero-order valence-corrected chi connectivity index (χ0v) is 20.3. The minimum Gasteiger partial charge on any atom is -0.463 e. The molecular formula is C26H48O4. The maximum atomic E-state index is 11.4. The maximum absolute atomic E-state index is 11.4. The number of carbonyl (C=O) groups is 2. The third kappa shape index (κ3) is 23.0. The molecule has 0 unspecified atom stereocenters. The van der Waals surface area contributed by atoms with Crippen LogP contribution < -0.4 is 0 Å². The first-order chi connectivity index (χ1) is 14.4.